The third-order valence-electron chi connectivity index (χ3n) is 3.96. The van der Waals surface area contributed by atoms with Crippen molar-refractivity contribution in [2.75, 3.05) is 31.1 Å². The Morgan fingerprint density at radius 3 is 2.33 bits per heavy atom. The van der Waals surface area contributed by atoms with Crippen LogP contribution in [0.15, 0.2) is 0 Å². The van der Waals surface area contributed by atoms with Gasteiger partial charge < -0.3 is 9.80 Å². The fourth-order valence-electron chi connectivity index (χ4n) is 2.73. The highest BCUT2D eigenvalue weighted by Crippen LogP contribution is 2.24. The molecule has 0 saturated carbocycles. The highest BCUT2D eigenvalue weighted by molar-refractivity contribution is 5.73. The van der Waals surface area contributed by atoms with Gasteiger partial charge in [0.1, 0.15) is 11.6 Å². The number of hydrogen-bond donors (Lipinski definition) is 0. The second-order valence-corrected chi connectivity index (χ2v) is 5.14. The van der Waals surface area contributed by atoms with E-state index in [2.05, 4.69) is 21.2 Å². The number of carbonyl (C=O) groups is 1. The minimum atomic E-state index is 0.0943. The SMILES string of the molecule is CCc1nnc(N2CCN(C(C)=O)CC2)c(C#N)c1CC. The highest BCUT2D eigenvalue weighted by Gasteiger charge is 2.24. The second kappa shape index (κ2) is 6.53. The Kier molecular flexibility index (Phi) is 4.73. The van der Waals surface area contributed by atoms with Crippen LogP contribution in [0.1, 0.15) is 37.6 Å². The number of hydrogen-bond acceptors (Lipinski definition) is 5. The van der Waals surface area contributed by atoms with Crippen LogP contribution < -0.4 is 4.90 Å². The fourth-order valence-corrected chi connectivity index (χ4v) is 2.73. The highest BCUT2D eigenvalue weighted by atomic mass is 16.2. The number of piperazine rings is 1. The van der Waals surface area contributed by atoms with E-state index < -0.39 is 0 Å². The van der Waals surface area contributed by atoms with Gasteiger partial charge in [0.05, 0.1) is 5.69 Å². The average Bonchev–Trinajstić information content (AvgIpc) is 2.53. The first-order chi connectivity index (χ1) is 10.1. The van der Waals surface area contributed by atoms with Gasteiger partial charge in [-0.2, -0.15) is 10.4 Å². The molecule has 1 saturated heterocycles. The van der Waals surface area contributed by atoms with Crippen molar-refractivity contribution in [1.82, 2.24) is 15.1 Å². The molecule has 0 atom stereocenters. The standard InChI is InChI=1S/C15H21N5O/c1-4-12-13(10-16)15(18-17-14(12)5-2)20-8-6-19(7-9-20)11(3)21/h4-9H2,1-3H3. The van der Waals surface area contributed by atoms with Gasteiger partial charge in [0, 0.05) is 33.1 Å². The number of aromatic nitrogens is 2. The summed E-state index contributed by atoms with van der Waals surface area (Å²) < 4.78 is 0. The lowest BCUT2D eigenvalue weighted by molar-refractivity contribution is -0.129. The third-order valence-corrected chi connectivity index (χ3v) is 3.96. The maximum Gasteiger partial charge on any atom is 0.219 e. The summed E-state index contributed by atoms with van der Waals surface area (Å²) in [4.78, 5) is 15.3. The van der Waals surface area contributed by atoms with E-state index in [1.807, 2.05) is 18.7 Å². The van der Waals surface area contributed by atoms with Crippen LogP contribution in [0.2, 0.25) is 0 Å². The number of nitrogens with zero attached hydrogens (tertiary/aromatic N) is 5. The Morgan fingerprint density at radius 1 is 1.19 bits per heavy atom. The molecular weight excluding hydrogens is 266 g/mol. The molecule has 2 heterocycles. The summed E-state index contributed by atoms with van der Waals surface area (Å²) in [5.74, 6) is 0.756. The molecule has 2 rings (SSSR count). The summed E-state index contributed by atoms with van der Waals surface area (Å²) >= 11 is 0. The maximum absolute atomic E-state index is 11.4. The Balaban J connectivity index is 2.29. The van der Waals surface area contributed by atoms with E-state index in [0.29, 0.717) is 37.6 Å². The minimum absolute atomic E-state index is 0.0943. The minimum Gasteiger partial charge on any atom is -0.350 e. The number of amides is 1. The number of anilines is 1. The molecule has 1 amide bonds. The van der Waals surface area contributed by atoms with Gasteiger partial charge in [-0.25, -0.2) is 0 Å². The van der Waals surface area contributed by atoms with Crippen LogP contribution in [0.4, 0.5) is 5.82 Å². The smallest absolute Gasteiger partial charge is 0.219 e. The molecule has 0 bridgehead atoms. The molecule has 0 aromatic carbocycles. The van der Waals surface area contributed by atoms with Crippen LogP contribution in [0.5, 0.6) is 0 Å². The molecule has 0 spiro atoms. The van der Waals surface area contributed by atoms with Crippen LogP contribution in [-0.2, 0) is 17.6 Å². The van der Waals surface area contributed by atoms with Gasteiger partial charge in [0.15, 0.2) is 5.82 Å². The van der Waals surface area contributed by atoms with Crippen molar-refractivity contribution in [3.8, 4) is 6.07 Å². The average molecular weight is 287 g/mol. The largest absolute Gasteiger partial charge is 0.350 e. The first kappa shape index (κ1) is 15.2. The monoisotopic (exact) mass is 287 g/mol. The number of rotatable bonds is 3. The number of aryl methyl sites for hydroxylation is 1. The van der Waals surface area contributed by atoms with Crippen molar-refractivity contribution >= 4 is 11.7 Å². The van der Waals surface area contributed by atoms with Crippen LogP contribution >= 0.6 is 0 Å². The zero-order chi connectivity index (χ0) is 15.4. The lowest BCUT2D eigenvalue weighted by atomic mass is 10.0. The van der Waals surface area contributed by atoms with Gasteiger partial charge in [-0.3, -0.25) is 4.79 Å². The molecule has 1 aliphatic heterocycles. The quantitative estimate of drug-likeness (QED) is 0.833. The van der Waals surface area contributed by atoms with Gasteiger partial charge in [0.25, 0.3) is 0 Å². The van der Waals surface area contributed by atoms with E-state index in [1.165, 1.54) is 0 Å². The van der Waals surface area contributed by atoms with E-state index in [-0.39, 0.29) is 5.91 Å². The molecule has 6 nitrogen and oxygen atoms in total. The van der Waals surface area contributed by atoms with E-state index in [4.69, 9.17) is 0 Å². The van der Waals surface area contributed by atoms with Crippen LogP contribution in [-0.4, -0.2) is 47.2 Å². The van der Waals surface area contributed by atoms with Crippen molar-refractivity contribution in [3.63, 3.8) is 0 Å². The van der Waals surface area contributed by atoms with Crippen molar-refractivity contribution < 1.29 is 4.79 Å². The van der Waals surface area contributed by atoms with Gasteiger partial charge in [-0.05, 0) is 18.4 Å². The Hall–Kier alpha value is -2.16. The molecule has 1 aliphatic rings. The first-order valence-corrected chi connectivity index (χ1v) is 7.41. The molecule has 21 heavy (non-hydrogen) atoms. The summed E-state index contributed by atoms with van der Waals surface area (Å²) in [5, 5.41) is 18.1. The van der Waals surface area contributed by atoms with Crippen LogP contribution in [0.25, 0.3) is 0 Å². The summed E-state index contributed by atoms with van der Waals surface area (Å²) in [7, 11) is 0. The predicted molar refractivity (Wildman–Crippen MR) is 80.0 cm³/mol. The third kappa shape index (κ3) is 2.97. The van der Waals surface area contributed by atoms with Gasteiger partial charge in [0.2, 0.25) is 5.91 Å². The summed E-state index contributed by atoms with van der Waals surface area (Å²) in [6.45, 7) is 8.36. The van der Waals surface area contributed by atoms with Crippen molar-refractivity contribution in [3.05, 3.63) is 16.8 Å². The normalized spacial score (nSPS) is 15.0. The van der Waals surface area contributed by atoms with Crippen molar-refractivity contribution in [1.29, 1.82) is 5.26 Å². The van der Waals surface area contributed by atoms with Crippen LogP contribution in [0, 0.1) is 11.3 Å². The van der Waals surface area contributed by atoms with E-state index in [0.717, 1.165) is 24.1 Å². The van der Waals surface area contributed by atoms with E-state index in [9.17, 15) is 10.1 Å². The first-order valence-electron chi connectivity index (χ1n) is 7.41. The van der Waals surface area contributed by atoms with E-state index >= 15 is 0 Å². The Bertz CT molecular complexity index is 570. The molecular formula is C15H21N5O. The van der Waals surface area contributed by atoms with Gasteiger partial charge >= 0.3 is 0 Å². The molecule has 0 aliphatic carbocycles. The van der Waals surface area contributed by atoms with Crippen molar-refractivity contribution in [2.24, 2.45) is 0 Å². The second-order valence-electron chi connectivity index (χ2n) is 5.14. The maximum atomic E-state index is 11.4. The van der Waals surface area contributed by atoms with Crippen LogP contribution in [0.3, 0.4) is 0 Å². The molecule has 0 radical (unpaired) electrons. The fraction of sp³-hybridized carbons (Fsp3) is 0.600. The number of carbonyl (C=O) groups excluding carboxylic acids is 1. The molecule has 0 unspecified atom stereocenters. The zero-order valence-electron chi connectivity index (χ0n) is 12.9. The number of nitriles is 1. The van der Waals surface area contributed by atoms with Crippen molar-refractivity contribution in [2.45, 2.75) is 33.6 Å². The van der Waals surface area contributed by atoms with Gasteiger partial charge in [-0.15, -0.1) is 5.10 Å². The summed E-state index contributed by atoms with van der Waals surface area (Å²) in [6.07, 6.45) is 1.56. The molecule has 0 N–H and O–H groups in total. The topological polar surface area (TPSA) is 73.1 Å². The molecule has 6 heteroatoms. The van der Waals surface area contributed by atoms with Gasteiger partial charge in [-0.1, -0.05) is 13.8 Å². The zero-order valence-corrected chi connectivity index (χ0v) is 12.9. The molecule has 1 aromatic heterocycles. The molecule has 112 valence electrons. The predicted octanol–water partition coefficient (Wildman–Crippen LogP) is 1.14. The lowest BCUT2D eigenvalue weighted by Crippen LogP contribution is -2.48. The summed E-state index contributed by atoms with van der Waals surface area (Å²) in [6, 6.07) is 2.30. The molecule has 1 aromatic rings. The molecule has 1 fully saturated rings. The Labute approximate surface area is 125 Å². The Morgan fingerprint density at radius 2 is 1.86 bits per heavy atom. The van der Waals surface area contributed by atoms with E-state index in [1.54, 1.807) is 6.92 Å². The summed E-state index contributed by atoms with van der Waals surface area (Å²) in [5.41, 5.74) is 2.54. The lowest BCUT2D eigenvalue weighted by Gasteiger charge is -2.35.